The maximum Gasteiger partial charge on any atom is 0.411 e. The molecule has 1 aromatic carbocycles. The molecule has 1 unspecified atom stereocenters. The molecule has 5 rings (SSSR count). The van der Waals surface area contributed by atoms with Gasteiger partial charge in [-0.25, -0.2) is 9.78 Å². The van der Waals surface area contributed by atoms with E-state index in [1.54, 1.807) is 4.68 Å². The van der Waals surface area contributed by atoms with E-state index in [1.165, 1.54) is 4.40 Å². The van der Waals surface area contributed by atoms with Crippen LogP contribution in [0, 0.1) is 13.8 Å². The number of aromatic nitrogens is 5. The van der Waals surface area contributed by atoms with Gasteiger partial charge in [0.05, 0.1) is 11.6 Å². The van der Waals surface area contributed by atoms with E-state index in [4.69, 9.17) is 10.8 Å². The number of aryl methyl sites for hydroxylation is 2. The molecular weight excluding hydrogens is 390 g/mol. The Morgan fingerprint density at radius 3 is 2.45 bits per heavy atom. The standard InChI is InChI=1S/C23H25N7O/c1-14-11-17(12-15(2)25-14)19-20(16-7-5-4-6-8-16)26-22(24)29-21(19)27-30(23(29)31)18-9-10-28(3)13-18/h4-8,11-12,18H,9-10,13H2,1-3H3,(H2,24,26)/p+1. The number of hydrogen-bond donors (Lipinski definition) is 1. The van der Waals surface area contributed by atoms with E-state index < -0.39 is 0 Å². The third kappa shape index (κ3) is 3.29. The van der Waals surface area contributed by atoms with Gasteiger partial charge in [0, 0.05) is 30.0 Å². The maximum atomic E-state index is 13.3. The molecule has 1 aliphatic rings. The molecule has 31 heavy (non-hydrogen) atoms. The molecule has 0 saturated carbocycles. The Bertz CT molecular complexity index is 1320. The molecule has 4 aromatic rings. The molecule has 1 aliphatic heterocycles. The summed E-state index contributed by atoms with van der Waals surface area (Å²) in [6.07, 6.45) is 0.887. The van der Waals surface area contributed by atoms with Crippen LogP contribution >= 0.6 is 0 Å². The monoisotopic (exact) mass is 416 g/mol. The van der Waals surface area contributed by atoms with E-state index in [0.717, 1.165) is 53.3 Å². The summed E-state index contributed by atoms with van der Waals surface area (Å²) in [6.45, 7) is 5.67. The van der Waals surface area contributed by atoms with Gasteiger partial charge in [0.2, 0.25) is 5.65 Å². The zero-order valence-corrected chi connectivity index (χ0v) is 18.0. The number of nitrogens with zero attached hydrogens (tertiary/aromatic N) is 5. The first-order valence-corrected chi connectivity index (χ1v) is 10.5. The van der Waals surface area contributed by atoms with E-state index in [2.05, 4.69) is 21.9 Å². The van der Waals surface area contributed by atoms with Crippen molar-refractivity contribution in [3.63, 3.8) is 0 Å². The van der Waals surface area contributed by atoms with Gasteiger partial charge < -0.3 is 4.90 Å². The highest BCUT2D eigenvalue weighted by Gasteiger charge is 2.30. The summed E-state index contributed by atoms with van der Waals surface area (Å²) in [4.78, 5) is 23.4. The summed E-state index contributed by atoms with van der Waals surface area (Å²) in [6, 6.07) is 14.1. The second-order valence-corrected chi connectivity index (χ2v) is 8.36. The molecule has 1 atom stereocenters. The first-order chi connectivity index (χ1) is 14.9. The van der Waals surface area contributed by atoms with Crippen molar-refractivity contribution >= 4 is 11.6 Å². The lowest BCUT2D eigenvalue weighted by Crippen LogP contribution is -2.30. The summed E-state index contributed by atoms with van der Waals surface area (Å²) < 4.78 is 3.09. The van der Waals surface area contributed by atoms with Gasteiger partial charge in [-0.1, -0.05) is 30.3 Å². The predicted octanol–water partition coefficient (Wildman–Crippen LogP) is 2.11. The number of fused-ring (bicyclic) bond motifs is 1. The van der Waals surface area contributed by atoms with Gasteiger partial charge in [-0.3, -0.25) is 10.7 Å². The minimum absolute atomic E-state index is 0.0331. The van der Waals surface area contributed by atoms with Crippen LogP contribution in [0.3, 0.4) is 0 Å². The van der Waals surface area contributed by atoms with Gasteiger partial charge in [0.15, 0.2) is 0 Å². The number of H-pyrrole nitrogens is 1. The maximum absolute atomic E-state index is 13.3. The number of hydrogen-bond acceptors (Lipinski definition) is 5. The smallest absolute Gasteiger partial charge is 0.304 e. The first-order valence-electron chi connectivity index (χ1n) is 10.5. The third-order valence-corrected chi connectivity index (χ3v) is 5.91. The van der Waals surface area contributed by atoms with Crippen molar-refractivity contribution in [2.75, 3.05) is 25.9 Å². The average Bonchev–Trinajstić information content (AvgIpc) is 3.31. The molecule has 0 aliphatic carbocycles. The third-order valence-electron chi connectivity index (χ3n) is 5.91. The number of nitrogens with one attached hydrogen (secondary N) is 1. The van der Waals surface area contributed by atoms with Crippen LogP contribution in [0.4, 0.5) is 5.95 Å². The number of nitrogen functional groups attached to an aromatic ring is 1. The predicted molar refractivity (Wildman–Crippen MR) is 120 cm³/mol. The SMILES string of the molecule is Cc1cc(-c2c(-c3ccccc3)[nH+]c(N)n3c(=O)n(C4CCN(C)C4)nc23)cc(C)n1. The van der Waals surface area contributed by atoms with Gasteiger partial charge in [-0.05, 0) is 45.0 Å². The van der Waals surface area contributed by atoms with Crippen molar-refractivity contribution in [1.29, 1.82) is 0 Å². The molecule has 3 N–H and O–H groups in total. The molecule has 4 heterocycles. The minimum Gasteiger partial charge on any atom is -0.304 e. The zero-order valence-electron chi connectivity index (χ0n) is 18.0. The molecule has 8 nitrogen and oxygen atoms in total. The van der Waals surface area contributed by atoms with Crippen LogP contribution in [0.2, 0.25) is 0 Å². The van der Waals surface area contributed by atoms with Crippen LogP contribution in [-0.4, -0.2) is 44.2 Å². The van der Waals surface area contributed by atoms with E-state index in [9.17, 15) is 4.79 Å². The molecule has 0 amide bonds. The zero-order chi connectivity index (χ0) is 21.7. The molecule has 1 fully saturated rings. The molecule has 8 heteroatoms. The van der Waals surface area contributed by atoms with Gasteiger partial charge in [0.1, 0.15) is 5.69 Å². The Morgan fingerprint density at radius 2 is 1.81 bits per heavy atom. The fourth-order valence-electron chi connectivity index (χ4n) is 4.54. The van der Waals surface area contributed by atoms with E-state index >= 15 is 0 Å². The van der Waals surface area contributed by atoms with Crippen molar-refractivity contribution in [3.05, 3.63) is 64.3 Å². The number of likely N-dealkylation sites (tertiary alicyclic amines) is 1. The number of rotatable bonds is 3. The quantitative estimate of drug-likeness (QED) is 0.552. The Kier molecular flexibility index (Phi) is 4.59. The van der Waals surface area contributed by atoms with Crippen LogP contribution in [0.1, 0.15) is 23.9 Å². The lowest BCUT2D eigenvalue weighted by Gasteiger charge is -2.10. The molecule has 158 valence electrons. The summed E-state index contributed by atoms with van der Waals surface area (Å²) >= 11 is 0. The normalized spacial score (nSPS) is 16.9. The highest BCUT2D eigenvalue weighted by atomic mass is 16.2. The van der Waals surface area contributed by atoms with E-state index in [1.807, 2.05) is 56.3 Å². The topological polar surface area (TPSA) is 95.6 Å². The number of benzene rings is 1. The van der Waals surface area contributed by atoms with Gasteiger partial charge in [0.25, 0.3) is 0 Å². The highest BCUT2D eigenvalue weighted by Crippen LogP contribution is 2.33. The molecule has 0 radical (unpaired) electrons. The number of likely N-dealkylation sites (N-methyl/N-ethyl adjacent to an activating group) is 1. The molecule has 0 spiro atoms. The van der Waals surface area contributed by atoms with Crippen LogP contribution in [-0.2, 0) is 0 Å². The lowest BCUT2D eigenvalue weighted by molar-refractivity contribution is -0.351. The first kappa shape index (κ1) is 19.4. The Balaban J connectivity index is 1.86. The lowest BCUT2D eigenvalue weighted by atomic mass is 9.99. The van der Waals surface area contributed by atoms with Gasteiger partial charge in [-0.2, -0.15) is 4.68 Å². The van der Waals surface area contributed by atoms with Crippen molar-refractivity contribution in [2.24, 2.45) is 0 Å². The van der Waals surface area contributed by atoms with E-state index in [-0.39, 0.29) is 17.7 Å². The van der Waals surface area contributed by atoms with E-state index in [0.29, 0.717) is 5.65 Å². The fourth-order valence-corrected chi connectivity index (χ4v) is 4.54. The molecule has 1 saturated heterocycles. The second-order valence-electron chi connectivity index (χ2n) is 8.36. The summed E-state index contributed by atoms with van der Waals surface area (Å²) in [5, 5.41) is 4.83. The number of aromatic amines is 1. The number of anilines is 1. The van der Waals surface area contributed by atoms with Crippen LogP contribution in [0.25, 0.3) is 28.0 Å². The van der Waals surface area contributed by atoms with Gasteiger partial charge >= 0.3 is 11.6 Å². The van der Waals surface area contributed by atoms with Crippen molar-refractivity contribution in [1.82, 2.24) is 24.1 Å². The molecule has 0 bridgehead atoms. The Labute approximate surface area is 180 Å². The fraction of sp³-hybridized carbons (Fsp3) is 0.304. The van der Waals surface area contributed by atoms with Crippen molar-refractivity contribution in [2.45, 2.75) is 26.3 Å². The minimum atomic E-state index is -0.215. The van der Waals surface area contributed by atoms with Crippen LogP contribution in [0.5, 0.6) is 0 Å². The van der Waals surface area contributed by atoms with Crippen molar-refractivity contribution in [3.8, 4) is 22.4 Å². The molecular formula is C23H26N7O+. The summed E-state index contributed by atoms with van der Waals surface area (Å²) in [5.41, 5.74) is 12.1. The van der Waals surface area contributed by atoms with Crippen LogP contribution in [0.15, 0.2) is 47.3 Å². The average molecular weight is 417 g/mol. The second kappa shape index (κ2) is 7.31. The number of nitrogens with two attached hydrogens (primary N) is 1. The van der Waals surface area contributed by atoms with Gasteiger partial charge in [-0.15, -0.1) is 9.50 Å². The summed E-state index contributed by atoms with van der Waals surface area (Å²) in [5.74, 6) is 0.266. The van der Waals surface area contributed by atoms with Crippen LogP contribution < -0.4 is 16.4 Å². The highest BCUT2D eigenvalue weighted by molar-refractivity contribution is 5.88. The number of pyridine rings is 1. The van der Waals surface area contributed by atoms with Crippen molar-refractivity contribution < 1.29 is 4.98 Å². The molecule has 3 aromatic heterocycles. The summed E-state index contributed by atoms with van der Waals surface area (Å²) in [7, 11) is 2.06. The largest absolute Gasteiger partial charge is 0.411 e. The Hall–Kier alpha value is -3.52. The Morgan fingerprint density at radius 1 is 1.10 bits per heavy atom.